The molecule has 1 saturated heterocycles. The number of ketones is 1. The third-order valence-corrected chi connectivity index (χ3v) is 6.99. The Morgan fingerprint density at radius 3 is 2.25 bits per heavy atom. The summed E-state index contributed by atoms with van der Waals surface area (Å²) in [5.41, 5.74) is -0.885. The van der Waals surface area contributed by atoms with Gasteiger partial charge in [0.15, 0.2) is 12.4 Å². The number of alkyl halides is 3. The zero-order chi connectivity index (χ0) is 23.5. The first-order valence-electron chi connectivity index (χ1n) is 9.61. The largest absolute Gasteiger partial charge is 0.457 e. The molecule has 0 saturated carbocycles. The summed E-state index contributed by atoms with van der Waals surface area (Å²) in [6, 6.07) is 8.23. The van der Waals surface area contributed by atoms with Gasteiger partial charge in [-0.1, -0.05) is 6.07 Å². The quantitative estimate of drug-likeness (QED) is 0.363. The summed E-state index contributed by atoms with van der Waals surface area (Å²) in [5.74, 6) is -2.34. The number of halogens is 4. The zero-order valence-electron chi connectivity index (χ0n) is 16.6. The molecule has 11 heteroatoms. The number of carbonyl (C=O) groups excluding carboxylic acids is 2. The number of carbonyl (C=O) groups is 2. The second-order valence-electron chi connectivity index (χ2n) is 7.24. The Morgan fingerprint density at radius 1 is 1.03 bits per heavy atom. The van der Waals surface area contributed by atoms with Gasteiger partial charge in [-0.25, -0.2) is 12.8 Å². The van der Waals surface area contributed by atoms with Crippen molar-refractivity contribution in [3.8, 4) is 0 Å². The summed E-state index contributed by atoms with van der Waals surface area (Å²) in [6.45, 7) is -0.693. The van der Waals surface area contributed by atoms with Crippen LogP contribution < -0.4 is 0 Å². The Kier molecular flexibility index (Phi) is 6.99. The minimum atomic E-state index is -4.67. The number of piperidine rings is 1. The lowest BCUT2D eigenvalue weighted by Crippen LogP contribution is -2.40. The van der Waals surface area contributed by atoms with Crippen molar-refractivity contribution in [2.24, 2.45) is 5.92 Å². The summed E-state index contributed by atoms with van der Waals surface area (Å²) in [6.07, 6.45) is -4.48. The highest BCUT2D eigenvalue weighted by Crippen LogP contribution is 2.32. The van der Waals surface area contributed by atoms with E-state index in [4.69, 9.17) is 4.74 Å². The number of Topliss-reactive ketones (excluding diaryl/α,β-unsaturated/α-hetero) is 1. The van der Waals surface area contributed by atoms with Crippen LogP contribution in [-0.2, 0) is 25.7 Å². The monoisotopic (exact) mass is 473 g/mol. The van der Waals surface area contributed by atoms with Crippen LogP contribution in [0.5, 0.6) is 0 Å². The molecule has 1 aliphatic rings. The average Bonchev–Trinajstić information content (AvgIpc) is 2.77. The minimum Gasteiger partial charge on any atom is -0.457 e. The predicted octanol–water partition coefficient (Wildman–Crippen LogP) is 3.67. The molecule has 0 atom stereocenters. The molecule has 1 aliphatic heterocycles. The van der Waals surface area contributed by atoms with Crippen LogP contribution in [0.2, 0.25) is 0 Å². The number of ether oxygens (including phenoxy) is 1. The van der Waals surface area contributed by atoms with Crippen molar-refractivity contribution in [1.29, 1.82) is 0 Å². The number of hydrogen-bond acceptors (Lipinski definition) is 5. The second kappa shape index (κ2) is 9.37. The molecule has 0 aromatic heterocycles. The smallest absolute Gasteiger partial charge is 0.416 e. The van der Waals surface area contributed by atoms with Crippen LogP contribution in [0.25, 0.3) is 0 Å². The van der Waals surface area contributed by atoms with Crippen molar-refractivity contribution in [2.75, 3.05) is 19.7 Å². The van der Waals surface area contributed by atoms with E-state index < -0.39 is 56.8 Å². The molecule has 0 radical (unpaired) electrons. The van der Waals surface area contributed by atoms with E-state index >= 15 is 0 Å². The van der Waals surface area contributed by atoms with Crippen molar-refractivity contribution in [3.63, 3.8) is 0 Å². The van der Waals surface area contributed by atoms with Crippen molar-refractivity contribution in [3.05, 3.63) is 65.5 Å². The van der Waals surface area contributed by atoms with Gasteiger partial charge in [-0.15, -0.1) is 0 Å². The molecule has 2 aromatic rings. The number of esters is 1. The molecule has 0 N–H and O–H groups in total. The minimum absolute atomic E-state index is 0.0791. The van der Waals surface area contributed by atoms with Crippen LogP contribution in [0.3, 0.4) is 0 Å². The van der Waals surface area contributed by atoms with Crippen molar-refractivity contribution >= 4 is 21.8 Å². The molecule has 0 aliphatic carbocycles. The first-order valence-corrected chi connectivity index (χ1v) is 11.1. The number of benzene rings is 2. The Balaban J connectivity index is 1.56. The summed E-state index contributed by atoms with van der Waals surface area (Å²) in [7, 11) is -4.16. The molecule has 2 aromatic carbocycles. The lowest BCUT2D eigenvalue weighted by molar-refractivity contribution is -0.148. The fourth-order valence-corrected chi connectivity index (χ4v) is 4.80. The maximum Gasteiger partial charge on any atom is 0.416 e. The third kappa shape index (κ3) is 5.52. The molecule has 3 rings (SSSR count). The van der Waals surface area contributed by atoms with Crippen LogP contribution in [0.1, 0.15) is 28.8 Å². The van der Waals surface area contributed by atoms with Crippen LogP contribution in [0, 0.1) is 11.7 Å². The van der Waals surface area contributed by atoms with Gasteiger partial charge in [-0.05, 0) is 55.3 Å². The Hall–Kier alpha value is -2.79. The van der Waals surface area contributed by atoms with E-state index in [-0.39, 0.29) is 31.5 Å². The summed E-state index contributed by atoms with van der Waals surface area (Å²) in [5, 5.41) is 0. The van der Waals surface area contributed by atoms with Crippen LogP contribution in [-0.4, -0.2) is 44.2 Å². The lowest BCUT2D eigenvalue weighted by atomic mass is 9.98. The molecule has 0 unspecified atom stereocenters. The van der Waals surface area contributed by atoms with Crippen LogP contribution in [0.15, 0.2) is 53.4 Å². The standard InChI is InChI=1S/C21H19F4NO5S/c22-17-6-4-14(5-7-17)19(27)13-31-20(28)15-8-10-26(11-9-15)32(29,30)18-3-1-2-16(12-18)21(23,24)25/h1-7,12,15H,8-11,13H2. The van der Waals surface area contributed by atoms with Crippen molar-refractivity contribution in [1.82, 2.24) is 4.31 Å². The highest BCUT2D eigenvalue weighted by atomic mass is 32.2. The fraction of sp³-hybridized carbons (Fsp3) is 0.333. The van der Waals surface area contributed by atoms with E-state index in [1.807, 2.05) is 0 Å². The Morgan fingerprint density at radius 2 is 1.66 bits per heavy atom. The summed E-state index contributed by atoms with van der Waals surface area (Å²) >= 11 is 0. The van der Waals surface area contributed by atoms with E-state index in [0.717, 1.165) is 34.6 Å². The predicted molar refractivity (Wildman–Crippen MR) is 105 cm³/mol. The number of sulfonamides is 1. The van der Waals surface area contributed by atoms with Crippen LogP contribution in [0.4, 0.5) is 17.6 Å². The van der Waals surface area contributed by atoms with Crippen molar-refractivity contribution in [2.45, 2.75) is 23.9 Å². The van der Waals surface area contributed by atoms with Gasteiger partial charge in [0.25, 0.3) is 0 Å². The van der Waals surface area contributed by atoms with Crippen molar-refractivity contribution < 1.29 is 40.3 Å². The molecular weight excluding hydrogens is 454 g/mol. The highest BCUT2D eigenvalue weighted by Gasteiger charge is 2.35. The van der Waals surface area contributed by atoms with E-state index in [9.17, 15) is 35.6 Å². The first-order chi connectivity index (χ1) is 15.0. The van der Waals surface area contributed by atoms with Gasteiger partial charge in [0, 0.05) is 18.7 Å². The molecule has 0 spiro atoms. The summed E-state index contributed by atoms with van der Waals surface area (Å²) < 4.78 is 83.0. The van der Waals surface area contributed by atoms with Gasteiger partial charge in [0.1, 0.15) is 5.82 Å². The van der Waals surface area contributed by atoms with Gasteiger partial charge in [0.05, 0.1) is 16.4 Å². The third-order valence-electron chi connectivity index (χ3n) is 5.10. The molecule has 6 nitrogen and oxygen atoms in total. The van der Waals surface area contributed by atoms with Gasteiger partial charge in [-0.3, -0.25) is 9.59 Å². The molecule has 172 valence electrons. The molecule has 0 bridgehead atoms. The Bertz CT molecular complexity index is 1090. The molecule has 0 amide bonds. The fourth-order valence-electron chi connectivity index (χ4n) is 3.29. The van der Waals surface area contributed by atoms with Gasteiger partial charge >= 0.3 is 12.1 Å². The number of nitrogens with zero attached hydrogens (tertiary/aromatic N) is 1. The first kappa shape index (κ1) is 23.9. The van der Waals surface area contributed by atoms with E-state index in [1.165, 1.54) is 12.1 Å². The lowest BCUT2D eigenvalue weighted by Gasteiger charge is -2.30. The van der Waals surface area contributed by atoms with E-state index in [1.54, 1.807) is 0 Å². The highest BCUT2D eigenvalue weighted by molar-refractivity contribution is 7.89. The molecular formula is C21H19F4NO5S. The topological polar surface area (TPSA) is 80.8 Å². The average molecular weight is 473 g/mol. The van der Waals surface area contributed by atoms with Gasteiger partial charge in [0.2, 0.25) is 10.0 Å². The van der Waals surface area contributed by atoms with E-state index in [0.29, 0.717) is 6.07 Å². The van der Waals surface area contributed by atoms with Gasteiger partial charge < -0.3 is 4.74 Å². The second-order valence-corrected chi connectivity index (χ2v) is 9.18. The molecule has 32 heavy (non-hydrogen) atoms. The maximum absolute atomic E-state index is 12.9. The zero-order valence-corrected chi connectivity index (χ0v) is 17.5. The normalized spacial score (nSPS) is 16.0. The Labute approximate surface area is 181 Å². The maximum atomic E-state index is 12.9. The molecule has 1 fully saturated rings. The van der Waals surface area contributed by atoms with E-state index in [2.05, 4.69) is 0 Å². The summed E-state index contributed by atoms with van der Waals surface area (Å²) in [4.78, 5) is 23.8. The molecule has 1 heterocycles. The number of hydrogen-bond donors (Lipinski definition) is 0. The number of rotatable bonds is 6. The van der Waals surface area contributed by atoms with Gasteiger partial charge in [-0.2, -0.15) is 17.5 Å². The SMILES string of the molecule is O=C(COC(=O)C1CCN(S(=O)(=O)c2cccc(C(F)(F)F)c2)CC1)c1ccc(F)cc1. The van der Waals surface area contributed by atoms with Crippen LogP contribution >= 0.6 is 0 Å².